The molecule has 0 spiro atoms. The molecule has 0 saturated carbocycles. The van der Waals surface area contributed by atoms with Crippen LogP contribution < -0.4 is 5.32 Å². The van der Waals surface area contributed by atoms with Gasteiger partial charge in [0.2, 0.25) is 0 Å². The topological polar surface area (TPSA) is 15.3 Å². The highest BCUT2D eigenvalue weighted by molar-refractivity contribution is 4.68. The third kappa shape index (κ3) is 6.91. The number of nitrogens with one attached hydrogen (secondary N) is 1. The van der Waals surface area contributed by atoms with Gasteiger partial charge in [-0.1, -0.05) is 27.2 Å². The maximum atomic E-state index is 3.57. The summed E-state index contributed by atoms with van der Waals surface area (Å²) in [6, 6.07) is 1.34. The van der Waals surface area contributed by atoms with Crippen molar-refractivity contribution in [1.29, 1.82) is 0 Å². The summed E-state index contributed by atoms with van der Waals surface area (Å²) in [7, 11) is 2.22. The molecule has 0 rings (SSSR count). The summed E-state index contributed by atoms with van der Waals surface area (Å²) < 4.78 is 0. The predicted octanol–water partition coefficient (Wildman–Crippen LogP) is 2.74. The van der Waals surface area contributed by atoms with Gasteiger partial charge in [0.05, 0.1) is 0 Å². The summed E-state index contributed by atoms with van der Waals surface area (Å²) in [6.45, 7) is 13.6. The fraction of sp³-hybridized carbons (Fsp3) is 1.00. The van der Waals surface area contributed by atoms with E-state index >= 15 is 0 Å². The van der Waals surface area contributed by atoms with Gasteiger partial charge in [-0.25, -0.2) is 0 Å². The first-order valence-corrected chi connectivity index (χ1v) is 6.42. The van der Waals surface area contributed by atoms with Gasteiger partial charge in [-0.3, -0.25) is 0 Å². The maximum absolute atomic E-state index is 3.57. The predicted molar refractivity (Wildman–Crippen MR) is 69.3 cm³/mol. The minimum absolute atomic E-state index is 0.665. The molecule has 0 fully saturated rings. The highest BCUT2D eigenvalue weighted by Crippen LogP contribution is 2.06. The third-order valence-corrected chi connectivity index (χ3v) is 3.34. The Balaban J connectivity index is 3.58. The molecule has 0 saturated heterocycles. The maximum Gasteiger partial charge on any atom is 0.0107 e. The largest absolute Gasteiger partial charge is 0.313 e. The van der Waals surface area contributed by atoms with Crippen molar-refractivity contribution in [2.45, 2.75) is 59.5 Å². The first kappa shape index (κ1) is 14.9. The van der Waals surface area contributed by atoms with Gasteiger partial charge in [0.25, 0.3) is 0 Å². The van der Waals surface area contributed by atoms with Crippen molar-refractivity contribution in [2.24, 2.45) is 5.92 Å². The van der Waals surface area contributed by atoms with E-state index in [0.29, 0.717) is 12.1 Å². The van der Waals surface area contributed by atoms with Gasteiger partial charge in [0.1, 0.15) is 0 Å². The molecule has 0 radical (unpaired) electrons. The molecule has 0 bridgehead atoms. The van der Waals surface area contributed by atoms with Crippen molar-refractivity contribution in [3.63, 3.8) is 0 Å². The molecule has 0 heterocycles. The standard InChI is InChI=1S/C13H30N2/c1-7-8-12(4)14-9-10-15(6)13(5)11(2)3/h11-14H,7-10H2,1-6H3. The van der Waals surface area contributed by atoms with Gasteiger partial charge in [0, 0.05) is 25.2 Å². The Morgan fingerprint density at radius 2 is 1.73 bits per heavy atom. The lowest BCUT2D eigenvalue weighted by molar-refractivity contribution is 0.206. The second-order valence-corrected chi connectivity index (χ2v) is 5.11. The van der Waals surface area contributed by atoms with Crippen molar-refractivity contribution >= 4 is 0 Å². The second-order valence-electron chi connectivity index (χ2n) is 5.11. The molecule has 0 aliphatic carbocycles. The first-order chi connectivity index (χ1) is 6.99. The minimum atomic E-state index is 0.665. The van der Waals surface area contributed by atoms with E-state index in [1.807, 2.05) is 0 Å². The van der Waals surface area contributed by atoms with Crippen LogP contribution in [0.1, 0.15) is 47.5 Å². The van der Waals surface area contributed by atoms with Crippen LogP contribution in [0.15, 0.2) is 0 Å². The third-order valence-electron chi connectivity index (χ3n) is 3.34. The summed E-state index contributed by atoms with van der Waals surface area (Å²) in [4.78, 5) is 2.44. The van der Waals surface area contributed by atoms with E-state index in [-0.39, 0.29) is 0 Å². The van der Waals surface area contributed by atoms with E-state index in [4.69, 9.17) is 0 Å². The Kier molecular flexibility index (Phi) is 8.07. The molecule has 0 aliphatic heterocycles. The van der Waals surface area contributed by atoms with Gasteiger partial charge in [-0.15, -0.1) is 0 Å². The Hall–Kier alpha value is -0.0800. The number of nitrogens with zero attached hydrogens (tertiary/aromatic N) is 1. The summed E-state index contributed by atoms with van der Waals surface area (Å²) >= 11 is 0. The summed E-state index contributed by atoms with van der Waals surface area (Å²) in [5, 5.41) is 3.57. The normalized spacial score (nSPS) is 16.0. The Bertz CT molecular complexity index is 145. The molecule has 15 heavy (non-hydrogen) atoms. The quantitative estimate of drug-likeness (QED) is 0.668. The fourth-order valence-electron chi connectivity index (χ4n) is 1.73. The lowest BCUT2D eigenvalue weighted by atomic mass is 10.1. The van der Waals surface area contributed by atoms with Crippen LogP contribution in [-0.2, 0) is 0 Å². The van der Waals surface area contributed by atoms with E-state index in [9.17, 15) is 0 Å². The zero-order valence-corrected chi connectivity index (χ0v) is 11.5. The zero-order valence-electron chi connectivity index (χ0n) is 11.5. The van der Waals surface area contributed by atoms with Crippen molar-refractivity contribution < 1.29 is 0 Å². The fourth-order valence-corrected chi connectivity index (χ4v) is 1.73. The van der Waals surface area contributed by atoms with Crippen LogP contribution >= 0.6 is 0 Å². The SMILES string of the molecule is CCCC(C)NCCN(C)C(C)C(C)C. The van der Waals surface area contributed by atoms with E-state index in [1.54, 1.807) is 0 Å². The van der Waals surface area contributed by atoms with Gasteiger partial charge in [-0.2, -0.15) is 0 Å². The lowest BCUT2D eigenvalue weighted by Crippen LogP contribution is -2.40. The molecule has 0 aliphatic rings. The Morgan fingerprint density at radius 1 is 1.13 bits per heavy atom. The molecule has 0 aromatic rings. The summed E-state index contributed by atoms with van der Waals surface area (Å²) in [6.07, 6.45) is 2.55. The number of rotatable bonds is 8. The van der Waals surface area contributed by atoms with Crippen LogP contribution in [-0.4, -0.2) is 37.1 Å². The highest BCUT2D eigenvalue weighted by atomic mass is 15.1. The molecular formula is C13H30N2. The van der Waals surface area contributed by atoms with Gasteiger partial charge in [0.15, 0.2) is 0 Å². The lowest BCUT2D eigenvalue weighted by Gasteiger charge is -2.28. The smallest absolute Gasteiger partial charge is 0.0107 e. The second kappa shape index (κ2) is 8.12. The highest BCUT2D eigenvalue weighted by Gasteiger charge is 2.12. The van der Waals surface area contributed by atoms with Crippen molar-refractivity contribution in [1.82, 2.24) is 10.2 Å². The Morgan fingerprint density at radius 3 is 2.20 bits per heavy atom. The molecular weight excluding hydrogens is 184 g/mol. The molecule has 92 valence electrons. The van der Waals surface area contributed by atoms with Crippen LogP contribution in [0.5, 0.6) is 0 Å². The van der Waals surface area contributed by atoms with E-state index < -0.39 is 0 Å². The van der Waals surface area contributed by atoms with Crippen LogP contribution in [0.25, 0.3) is 0 Å². The average molecular weight is 214 g/mol. The van der Waals surface area contributed by atoms with Crippen molar-refractivity contribution in [2.75, 3.05) is 20.1 Å². The number of hydrogen-bond donors (Lipinski definition) is 1. The van der Waals surface area contributed by atoms with Gasteiger partial charge >= 0.3 is 0 Å². The summed E-state index contributed by atoms with van der Waals surface area (Å²) in [5.74, 6) is 0.739. The van der Waals surface area contributed by atoms with E-state index in [2.05, 4.69) is 51.9 Å². The molecule has 2 unspecified atom stereocenters. The van der Waals surface area contributed by atoms with Crippen molar-refractivity contribution in [3.8, 4) is 0 Å². The minimum Gasteiger partial charge on any atom is -0.313 e. The molecule has 0 aromatic carbocycles. The molecule has 0 amide bonds. The van der Waals surface area contributed by atoms with Crippen LogP contribution in [0.3, 0.4) is 0 Å². The van der Waals surface area contributed by atoms with E-state index in [0.717, 1.165) is 19.0 Å². The van der Waals surface area contributed by atoms with Crippen LogP contribution in [0.2, 0.25) is 0 Å². The molecule has 2 atom stereocenters. The molecule has 2 nitrogen and oxygen atoms in total. The zero-order chi connectivity index (χ0) is 11.8. The van der Waals surface area contributed by atoms with Crippen LogP contribution in [0, 0.1) is 5.92 Å². The van der Waals surface area contributed by atoms with Gasteiger partial charge in [-0.05, 0) is 33.2 Å². The van der Waals surface area contributed by atoms with Gasteiger partial charge < -0.3 is 10.2 Å². The van der Waals surface area contributed by atoms with E-state index in [1.165, 1.54) is 12.8 Å². The molecule has 1 N–H and O–H groups in total. The average Bonchev–Trinajstić information content (AvgIpc) is 2.16. The number of hydrogen-bond acceptors (Lipinski definition) is 2. The monoisotopic (exact) mass is 214 g/mol. The Labute approximate surface area is 96.4 Å². The van der Waals surface area contributed by atoms with Crippen LogP contribution in [0.4, 0.5) is 0 Å². The van der Waals surface area contributed by atoms with Crippen molar-refractivity contribution in [3.05, 3.63) is 0 Å². The summed E-state index contributed by atoms with van der Waals surface area (Å²) in [5.41, 5.74) is 0. The molecule has 0 aromatic heterocycles. The molecule has 2 heteroatoms. The first-order valence-electron chi connectivity index (χ1n) is 6.42. The number of likely N-dealkylation sites (N-methyl/N-ethyl adjacent to an activating group) is 1.